The zero-order chi connectivity index (χ0) is 14.8. The first-order chi connectivity index (χ1) is 9.44. The van der Waals surface area contributed by atoms with Crippen LogP contribution in [0.15, 0.2) is 48.5 Å². The molecule has 0 aliphatic rings. The molecule has 1 nitrogen and oxygen atoms in total. The van der Waals surface area contributed by atoms with Crippen LogP contribution in [0, 0.1) is 6.92 Å². The van der Waals surface area contributed by atoms with Crippen LogP contribution in [-0.2, 0) is 5.41 Å². The summed E-state index contributed by atoms with van der Waals surface area (Å²) in [6.45, 7) is 8.89. The maximum Gasteiger partial charge on any atom is 0.0551 e. The van der Waals surface area contributed by atoms with E-state index >= 15 is 0 Å². The van der Waals surface area contributed by atoms with Gasteiger partial charge in [-0.05, 0) is 35.4 Å². The summed E-state index contributed by atoms with van der Waals surface area (Å²) in [5.74, 6) is 0. The SMILES string of the molecule is CCC(C)(C)c1ccc(C(N)c2cccc(C)c2)cc1. The van der Waals surface area contributed by atoms with Crippen LogP contribution in [0.4, 0.5) is 0 Å². The van der Waals surface area contributed by atoms with Crippen LogP contribution in [0.5, 0.6) is 0 Å². The predicted molar refractivity (Wildman–Crippen MR) is 87.0 cm³/mol. The summed E-state index contributed by atoms with van der Waals surface area (Å²) >= 11 is 0. The number of rotatable bonds is 4. The first-order valence-corrected chi connectivity index (χ1v) is 7.36. The van der Waals surface area contributed by atoms with Gasteiger partial charge >= 0.3 is 0 Å². The fourth-order valence-corrected chi connectivity index (χ4v) is 2.40. The lowest BCUT2D eigenvalue weighted by atomic mass is 9.81. The summed E-state index contributed by atoms with van der Waals surface area (Å²) in [6.07, 6.45) is 1.14. The Balaban J connectivity index is 2.26. The lowest BCUT2D eigenvalue weighted by Gasteiger charge is -2.24. The fraction of sp³-hybridized carbons (Fsp3) is 0.368. The third-order valence-corrected chi connectivity index (χ3v) is 4.34. The maximum absolute atomic E-state index is 6.38. The van der Waals surface area contributed by atoms with Crippen molar-refractivity contribution < 1.29 is 0 Å². The van der Waals surface area contributed by atoms with Gasteiger partial charge in [-0.1, -0.05) is 74.9 Å². The van der Waals surface area contributed by atoms with E-state index in [-0.39, 0.29) is 11.5 Å². The first-order valence-electron chi connectivity index (χ1n) is 7.36. The molecule has 0 spiro atoms. The molecule has 0 aliphatic heterocycles. The molecule has 1 heteroatoms. The molecule has 0 saturated heterocycles. The van der Waals surface area contributed by atoms with Gasteiger partial charge in [0, 0.05) is 0 Å². The Hall–Kier alpha value is -1.60. The Kier molecular flexibility index (Phi) is 4.29. The molecule has 1 unspecified atom stereocenters. The molecule has 0 saturated carbocycles. The minimum Gasteiger partial charge on any atom is -0.320 e. The largest absolute Gasteiger partial charge is 0.320 e. The highest BCUT2D eigenvalue weighted by Crippen LogP contribution is 2.28. The van der Waals surface area contributed by atoms with Crippen molar-refractivity contribution in [2.45, 2.75) is 45.6 Å². The molecule has 1 atom stereocenters. The van der Waals surface area contributed by atoms with Gasteiger partial charge in [0.1, 0.15) is 0 Å². The summed E-state index contributed by atoms with van der Waals surface area (Å²) in [7, 11) is 0. The van der Waals surface area contributed by atoms with Crippen LogP contribution in [0.25, 0.3) is 0 Å². The minimum atomic E-state index is -0.0475. The molecule has 20 heavy (non-hydrogen) atoms. The van der Waals surface area contributed by atoms with Crippen molar-refractivity contribution in [3.63, 3.8) is 0 Å². The van der Waals surface area contributed by atoms with E-state index in [2.05, 4.69) is 76.2 Å². The van der Waals surface area contributed by atoms with E-state index in [0.29, 0.717) is 0 Å². The lowest BCUT2D eigenvalue weighted by molar-refractivity contribution is 0.506. The average Bonchev–Trinajstić information content (AvgIpc) is 2.46. The molecule has 0 bridgehead atoms. The van der Waals surface area contributed by atoms with Crippen LogP contribution < -0.4 is 5.73 Å². The predicted octanol–water partition coefficient (Wildman–Crippen LogP) is 4.73. The summed E-state index contributed by atoms with van der Waals surface area (Å²) in [6, 6.07) is 17.1. The van der Waals surface area contributed by atoms with Crippen molar-refractivity contribution in [2.75, 3.05) is 0 Å². The number of aryl methyl sites for hydroxylation is 1. The highest BCUT2D eigenvalue weighted by Gasteiger charge is 2.18. The highest BCUT2D eigenvalue weighted by molar-refractivity contribution is 5.36. The zero-order valence-electron chi connectivity index (χ0n) is 13.0. The van der Waals surface area contributed by atoms with Crippen molar-refractivity contribution in [1.82, 2.24) is 0 Å². The molecule has 0 heterocycles. The average molecular weight is 267 g/mol. The standard InChI is InChI=1S/C19H25N/c1-5-19(3,4)17-11-9-15(10-12-17)18(20)16-8-6-7-14(2)13-16/h6-13,18H,5,20H2,1-4H3. The molecule has 2 aromatic rings. The molecule has 0 aromatic heterocycles. The first kappa shape index (κ1) is 14.8. The van der Waals surface area contributed by atoms with E-state index in [1.165, 1.54) is 22.3 Å². The van der Waals surface area contributed by atoms with E-state index in [1.807, 2.05) is 0 Å². The van der Waals surface area contributed by atoms with Crippen LogP contribution in [0.3, 0.4) is 0 Å². The molecular weight excluding hydrogens is 242 g/mol. The Bertz CT molecular complexity index is 567. The number of benzene rings is 2. The maximum atomic E-state index is 6.38. The highest BCUT2D eigenvalue weighted by atomic mass is 14.6. The summed E-state index contributed by atoms with van der Waals surface area (Å²) in [5, 5.41) is 0. The molecule has 0 aliphatic carbocycles. The summed E-state index contributed by atoms with van der Waals surface area (Å²) < 4.78 is 0. The number of hydrogen-bond donors (Lipinski definition) is 1. The van der Waals surface area contributed by atoms with Gasteiger partial charge in [-0.25, -0.2) is 0 Å². The lowest BCUT2D eigenvalue weighted by Crippen LogP contribution is -2.16. The molecule has 0 radical (unpaired) electrons. The van der Waals surface area contributed by atoms with Crippen molar-refractivity contribution >= 4 is 0 Å². The van der Waals surface area contributed by atoms with E-state index in [0.717, 1.165) is 6.42 Å². The molecule has 0 amide bonds. The monoisotopic (exact) mass is 267 g/mol. The second kappa shape index (κ2) is 5.80. The Morgan fingerprint density at radius 2 is 1.65 bits per heavy atom. The Morgan fingerprint density at radius 3 is 2.20 bits per heavy atom. The van der Waals surface area contributed by atoms with Gasteiger partial charge in [0.2, 0.25) is 0 Å². The van der Waals surface area contributed by atoms with Gasteiger partial charge in [0.15, 0.2) is 0 Å². The van der Waals surface area contributed by atoms with Crippen LogP contribution in [-0.4, -0.2) is 0 Å². The number of hydrogen-bond acceptors (Lipinski definition) is 1. The quantitative estimate of drug-likeness (QED) is 0.851. The van der Waals surface area contributed by atoms with Crippen molar-refractivity contribution in [3.8, 4) is 0 Å². The molecule has 0 fully saturated rings. The smallest absolute Gasteiger partial charge is 0.0551 e. The van der Waals surface area contributed by atoms with Gasteiger partial charge in [0.05, 0.1) is 6.04 Å². The minimum absolute atomic E-state index is 0.0475. The molecule has 2 N–H and O–H groups in total. The Morgan fingerprint density at radius 1 is 1.00 bits per heavy atom. The molecule has 106 valence electrons. The fourth-order valence-electron chi connectivity index (χ4n) is 2.40. The summed E-state index contributed by atoms with van der Waals surface area (Å²) in [4.78, 5) is 0. The van der Waals surface area contributed by atoms with E-state index in [9.17, 15) is 0 Å². The second-order valence-electron chi connectivity index (χ2n) is 6.25. The van der Waals surface area contributed by atoms with Gasteiger partial charge in [-0.3, -0.25) is 0 Å². The van der Waals surface area contributed by atoms with Crippen LogP contribution in [0.1, 0.15) is 55.5 Å². The number of nitrogens with two attached hydrogens (primary N) is 1. The molecule has 2 aromatic carbocycles. The second-order valence-corrected chi connectivity index (χ2v) is 6.25. The topological polar surface area (TPSA) is 26.0 Å². The van der Waals surface area contributed by atoms with Gasteiger partial charge in [-0.2, -0.15) is 0 Å². The normalized spacial score (nSPS) is 13.2. The van der Waals surface area contributed by atoms with Crippen LogP contribution >= 0.6 is 0 Å². The van der Waals surface area contributed by atoms with Crippen molar-refractivity contribution in [3.05, 3.63) is 70.8 Å². The third kappa shape index (κ3) is 3.10. The van der Waals surface area contributed by atoms with Gasteiger partial charge in [0.25, 0.3) is 0 Å². The van der Waals surface area contributed by atoms with Gasteiger partial charge < -0.3 is 5.73 Å². The molecular formula is C19H25N. The van der Waals surface area contributed by atoms with Crippen LogP contribution in [0.2, 0.25) is 0 Å². The zero-order valence-corrected chi connectivity index (χ0v) is 13.0. The Labute approximate surface area is 122 Å². The van der Waals surface area contributed by atoms with E-state index in [1.54, 1.807) is 0 Å². The van der Waals surface area contributed by atoms with Crippen molar-refractivity contribution in [2.24, 2.45) is 5.73 Å². The molecule has 2 rings (SSSR count). The van der Waals surface area contributed by atoms with Gasteiger partial charge in [-0.15, -0.1) is 0 Å². The third-order valence-electron chi connectivity index (χ3n) is 4.34. The van der Waals surface area contributed by atoms with E-state index in [4.69, 9.17) is 5.73 Å². The summed E-state index contributed by atoms with van der Waals surface area (Å²) in [5.41, 5.74) is 11.6. The van der Waals surface area contributed by atoms with Crippen molar-refractivity contribution in [1.29, 1.82) is 0 Å². The van der Waals surface area contributed by atoms with E-state index < -0.39 is 0 Å².